The molecule has 0 spiro atoms. The van der Waals surface area contributed by atoms with Gasteiger partial charge in [0.25, 0.3) is 0 Å². The van der Waals surface area contributed by atoms with E-state index in [2.05, 4.69) is 17.2 Å². The van der Waals surface area contributed by atoms with E-state index >= 15 is 0 Å². The summed E-state index contributed by atoms with van der Waals surface area (Å²) in [4.78, 5) is 0. The Balaban J connectivity index is 1.73. The van der Waals surface area contributed by atoms with Gasteiger partial charge in [-0.1, -0.05) is 12.1 Å². The smallest absolute Gasteiger partial charge is 0.0824 e. The Hall–Kier alpha value is -1.10. The SMILES string of the molecule is CCc1cn(CCOCCOCCOCCOCCOCCN)nn1. The van der Waals surface area contributed by atoms with Gasteiger partial charge in [0.2, 0.25) is 0 Å². The normalized spacial score (nSPS) is 11.3. The van der Waals surface area contributed by atoms with Gasteiger partial charge >= 0.3 is 0 Å². The molecule has 146 valence electrons. The molecule has 0 aliphatic carbocycles. The highest BCUT2D eigenvalue weighted by Crippen LogP contribution is 1.93. The molecular formula is C16H32N4O5. The zero-order valence-electron chi connectivity index (χ0n) is 15.2. The molecule has 25 heavy (non-hydrogen) atoms. The third-order valence-electron chi connectivity index (χ3n) is 3.16. The van der Waals surface area contributed by atoms with E-state index in [1.165, 1.54) is 0 Å². The van der Waals surface area contributed by atoms with Crippen molar-refractivity contribution in [1.82, 2.24) is 15.0 Å². The molecule has 0 aliphatic heterocycles. The maximum Gasteiger partial charge on any atom is 0.0824 e. The molecule has 2 N–H and O–H groups in total. The summed E-state index contributed by atoms with van der Waals surface area (Å²) >= 11 is 0. The lowest BCUT2D eigenvalue weighted by Gasteiger charge is -2.07. The van der Waals surface area contributed by atoms with Crippen molar-refractivity contribution in [2.75, 3.05) is 72.6 Å². The minimum Gasteiger partial charge on any atom is -0.378 e. The topological polar surface area (TPSA) is 103 Å². The molecule has 0 saturated heterocycles. The highest BCUT2D eigenvalue weighted by molar-refractivity contribution is 4.90. The Morgan fingerprint density at radius 2 is 1.28 bits per heavy atom. The van der Waals surface area contributed by atoms with E-state index in [1.54, 1.807) is 4.68 Å². The van der Waals surface area contributed by atoms with Crippen LogP contribution in [0.2, 0.25) is 0 Å². The van der Waals surface area contributed by atoms with Crippen LogP contribution in [-0.2, 0) is 36.6 Å². The van der Waals surface area contributed by atoms with E-state index in [9.17, 15) is 0 Å². The maximum atomic E-state index is 5.49. The molecule has 0 fully saturated rings. The Morgan fingerprint density at radius 1 is 0.800 bits per heavy atom. The van der Waals surface area contributed by atoms with Crippen LogP contribution < -0.4 is 5.73 Å². The number of rotatable bonds is 18. The highest BCUT2D eigenvalue weighted by atomic mass is 16.6. The predicted octanol–water partition coefficient (Wildman–Crippen LogP) is -0.118. The van der Waals surface area contributed by atoms with Crippen molar-refractivity contribution in [2.24, 2.45) is 5.73 Å². The van der Waals surface area contributed by atoms with Crippen molar-refractivity contribution in [3.63, 3.8) is 0 Å². The van der Waals surface area contributed by atoms with Gasteiger partial charge in [0.05, 0.1) is 78.3 Å². The van der Waals surface area contributed by atoms with Gasteiger partial charge in [-0.25, -0.2) is 4.68 Å². The summed E-state index contributed by atoms with van der Waals surface area (Å²) in [5.74, 6) is 0. The molecule has 0 aromatic carbocycles. The van der Waals surface area contributed by atoms with Crippen molar-refractivity contribution in [2.45, 2.75) is 19.9 Å². The number of nitrogens with two attached hydrogens (primary N) is 1. The fraction of sp³-hybridized carbons (Fsp3) is 0.875. The van der Waals surface area contributed by atoms with Gasteiger partial charge < -0.3 is 29.4 Å². The number of hydrogen-bond donors (Lipinski definition) is 1. The van der Waals surface area contributed by atoms with Crippen molar-refractivity contribution in [3.05, 3.63) is 11.9 Å². The van der Waals surface area contributed by atoms with Crippen LogP contribution >= 0.6 is 0 Å². The Morgan fingerprint density at radius 3 is 1.72 bits per heavy atom. The maximum absolute atomic E-state index is 5.49. The van der Waals surface area contributed by atoms with Crippen molar-refractivity contribution >= 4 is 0 Å². The minimum absolute atomic E-state index is 0.537. The summed E-state index contributed by atoms with van der Waals surface area (Å²) in [7, 11) is 0. The zero-order valence-corrected chi connectivity index (χ0v) is 15.2. The van der Waals surface area contributed by atoms with Crippen molar-refractivity contribution in [3.8, 4) is 0 Å². The van der Waals surface area contributed by atoms with Crippen molar-refractivity contribution < 1.29 is 23.7 Å². The molecule has 1 heterocycles. The number of hydrogen-bond acceptors (Lipinski definition) is 8. The van der Waals surface area contributed by atoms with Crippen LogP contribution in [0.15, 0.2) is 6.20 Å². The first-order valence-electron chi connectivity index (χ1n) is 8.84. The van der Waals surface area contributed by atoms with E-state index in [1.807, 2.05) is 6.20 Å². The van der Waals surface area contributed by atoms with Crippen LogP contribution in [0.5, 0.6) is 0 Å². The quantitative estimate of drug-likeness (QED) is 0.362. The van der Waals surface area contributed by atoms with Crippen LogP contribution in [0.3, 0.4) is 0 Å². The van der Waals surface area contributed by atoms with E-state index < -0.39 is 0 Å². The summed E-state index contributed by atoms with van der Waals surface area (Å²) in [6, 6.07) is 0. The van der Waals surface area contributed by atoms with Crippen LogP contribution in [0, 0.1) is 0 Å². The van der Waals surface area contributed by atoms with Gasteiger partial charge in [0.1, 0.15) is 0 Å². The van der Waals surface area contributed by atoms with Gasteiger partial charge in [0, 0.05) is 12.7 Å². The standard InChI is InChI=1S/C16H32N4O5/c1-2-16-15-20(19-18-16)4-6-22-8-10-24-12-14-25-13-11-23-9-7-21-5-3-17/h15H,2-14,17H2,1H3. The second-order valence-electron chi connectivity index (χ2n) is 5.18. The second kappa shape index (κ2) is 16.4. The first-order valence-corrected chi connectivity index (χ1v) is 8.84. The van der Waals surface area contributed by atoms with Gasteiger partial charge in [0.15, 0.2) is 0 Å². The average molecular weight is 360 g/mol. The Kier molecular flexibility index (Phi) is 14.4. The van der Waals surface area contributed by atoms with Gasteiger partial charge in [-0.2, -0.15) is 0 Å². The number of aromatic nitrogens is 3. The van der Waals surface area contributed by atoms with Crippen LogP contribution in [0.25, 0.3) is 0 Å². The number of aryl methyl sites for hydroxylation is 1. The van der Waals surface area contributed by atoms with Gasteiger partial charge in [-0.05, 0) is 6.42 Å². The van der Waals surface area contributed by atoms with Crippen LogP contribution in [0.4, 0.5) is 0 Å². The minimum atomic E-state index is 0.537. The molecule has 0 aliphatic rings. The van der Waals surface area contributed by atoms with E-state index in [0.29, 0.717) is 79.2 Å². The third-order valence-corrected chi connectivity index (χ3v) is 3.16. The fourth-order valence-corrected chi connectivity index (χ4v) is 1.83. The molecule has 0 saturated carbocycles. The lowest BCUT2D eigenvalue weighted by molar-refractivity contribution is -0.0111. The first kappa shape index (κ1) is 21.9. The molecule has 1 rings (SSSR count). The van der Waals surface area contributed by atoms with Gasteiger partial charge in [-0.15, -0.1) is 5.10 Å². The van der Waals surface area contributed by atoms with E-state index in [-0.39, 0.29) is 0 Å². The summed E-state index contributed by atoms with van der Waals surface area (Å²) in [5, 5.41) is 8.04. The molecule has 0 amide bonds. The average Bonchev–Trinajstić information content (AvgIpc) is 3.09. The summed E-state index contributed by atoms with van der Waals surface area (Å²) in [5.41, 5.74) is 6.30. The van der Waals surface area contributed by atoms with Gasteiger partial charge in [-0.3, -0.25) is 0 Å². The van der Waals surface area contributed by atoms with E-state index in [4.69, 9.17) is 29.4 Å². The summed E-state index contributed by atoms with van der Waals surface area (Å²) in [6.45, 7) is 8.89. The molecule has 0 radical (unpaired) electrons. The summed E-state index contributed by atoms with van der Waals surface area (Å²) < 4.78 is 28.6. The largest absolute Gasteiger partial charge is 0.378 e. The fourth-order valence-electron chi connectivity index (χ4n) is 1.83. The third kappa shape index (κ3) is 12.9. The molecule has 0 unspecified atom stereocenters. The molecule has 0 bridgehead atoms. The van der Waals surface area contributed by atoms with E-state index in [0.717, 1.165) is 12.1 Å². The number of nitrogens with zero attached hydrogens (tertiary/aromatic N) is 3. The van der Waals surface area contributed by atoms with Crippen LogP contribution in [-0.4, -0.2) is 87.6 Å². The first-order chi connectivity index (χ1) is 12.4. The van der Waals surface area contributed by atoms with Crippen molar-refractivity contribution in [1.29, 1.82) is 0 Å². The zero-order chi connectivity index (χ0) is 18.0. The molecule has 0 atom stereocenters. The molecular weight excluding hydrogens is 328 g/mol. The highest BCUT2D eigenvalue weighted by Gasteiger charge is 1.98. The number of ether oxygens (including phenoxy) is 5. The molecule has 1 aromatic rings. The predicted molar refractivity (Wildman–Crippen MR) is 92.5 cm³/mol. The summed E-state index contributed by atoms with van der Waals surface area (Å²) in [6.07, 6.45) is 2.83. The Bertz CT molecular complexity index is 406. The molecule has 9 nitrogen and oxygen atoms in total. The second-order valence-corrected chi connectivity index (χ2v) is 5.18. The molecule has 1 aromatic heterocycles. The molecule has 9 heteroatoms. The lowest BCUT2D eigenvalue weighted by atomic mass is 10.4. The lowest BCUT2D eigenvalue weighted by Crippen LogP contribution is -2.15. The monoisotopic (exact) mass is 360 g/mol. The van der Waals surface area contributed by atoms with Crippen LogP contribution in [0.1, 0.15) is 12.6 Å². The Labute approximate surface area is 149 Å².